The van der Waals surface area contributed by atoms with Gasteiger partial charge >= 0.3 is 5.97 Å². The number of nitrogens with zero attached hydrogens (tertiary/aromatic N) is 2. The van der Waals surface area contributed by atoms with E-state index < -0.39 is 11.9 Å². The third-order valence-electron chi connectivity index (χ3n) is 6.66. The van der Waals surface area contributed by atoms with Gasteiger partial charge in [-0.1, -0.05) is 36.4 Å². The highest BCUT2D eigenvalue weighted by Gasteiger charge is 2.31. The minimum Gasteiger partial charge on any atom is -0.481 e. The lowest BCUT2D eigenvalue weighted by molar-refractivity contribution is -0.144. The first-order chi connectivity index (χ1) is 17.9. The van der Waals surface area contributed by atoms with E-state index in [0.29, 0.717) is 43.9 Å². The van der Waals surface area contributed by atoms with Crippen molar-refractivity contribution in [3.05, 3.63) is 94.7 Å². The molecule has 0 bridgehead atoms. The summed E-state index contributed by atoms with van der Waals surface area (Å²) in [6.45, 7) is 1.41. The molecule has 4 N–H and O–H groups in total. The number of carbonyl (C=O) groups excluding carboxylic acids is 2. The van der Waals surface area contributed by atoms with Crippen molar-refractivity contribution < 1.29 is 19.5 Å². The third kappa shape index (κ3) is 7.16. The Morgan fingerprint density at radius 1 is 1.03 bits per heavy atom. The largest absolute Gasteiger partial charge is 0.481 e. The van der Waals surface area contributed by atoms with Crippen molar-refractivity contribution in [1.82, 2.24) is 15.2 Å². The van der Waals surface area contributed by atoms with Gasteiger partial charge in [0.25, 0.3) is 5.91 Å². The van der Waals surface area contributed by atoms with Crippen LogP contribution in [0.25, 0.3) is 0 Å². The molecule has 4 rings (SSSR count). The SMILES string of the molecule is Nc1cc(CCCNC(=O)c2ccc3c(c2)CC(CC(=O)O)C(=O)N(CCc2ccccc2)C3)ccn1. The first kappa shape index (κ1) is 25.9. The summed E-state index contributed by atoms with van der Waals surface area (Å²) >= 11 is 0. The van der Waals surface area contributed by atoms with Gasteiger partial charge in [-0.2, -0.15) is 0 Å². The fourth-order valence-corrected chi connectivity index (χ4v) is 4.72. The summed E-state index contributed by atoms with van der Waals surface area (Å²) < 4.78 is 0. The average molecular weight is 501 g/mol. The molecule has 1 aromatic heterocycles. The van der Waals surface area contributed by atoms with Gasteiger partial charge in [0.1, 0.15) is 5.82 Å². The quantitative estimate of drug-likeness (QED) is 0.367. The summed E-state index contributed by atoms with van der Waals surface area (Å²) in [5.74, 6) is -1.54. The highest BCUT2D eigenvalue weighted by Crippen LogP contribution is 2.26. The number of hydrogen-bond acceptors (Lipinski definition) is 5. The second kappa shape index (κ2) is 12.2. The monoisotopic (exact) mass is 500 g/mol. The molecule has 192 valence electrons. The fourth-order valence-electron chi connectivity index (χ4n) is 4.72. The highest BCUT2D eigenvalue weighted by atomic mass is 16.4. The molecule has 0 spiro atoms. The molecular weight excluding hydrogens is 468 g/mol. The van der Waals surface area contributed by atoms with Crippen molar-refractivity contribution in [2.24, 2.45) is 5.92 Å². The summed E-state index contributed by atoms with van der Waals surface area (Å²) in [5, 5.41) is 12.4. The summed E-state index contributed by atoms with van der Waals surface area (Å²) in [5.41, 5.74) is 10.2. The maximum atomic E-state index is 13.3. The molecule has 0 fully saturated rings. The number of carbonyl (C=O) groups is 3. The van der Waals surface area contributed by atoms with Crippen LogP contribution in [-0.2, 0) is 35.4 Å². The van der Waals surface area contributed by atoms with Crippen LogP contribution in [0.15, 0.2) is 66.9 Å². The van der Waals surface area contributed by atoms with Gasteiger partial charge in [0.15, 0.2) is 0 Å². The van der Waals surface area contributed by atoms with Crippen LogP contribution in [0.3, 0.4) is 0 Å². The number of carboxylic acid groups (broad SMARTS) is 1. The average Bonchev–Trinajstić information content (AvgIpc) is 3.01. The van der Waals surface area contributed by atoms with E-state index in [4.69, 9.17) is 5.73 Å². The van der Waals surface area contributed by atoms with E-state index in [9.17, 15) is 19.5 Å². The van der Waals surface area contributed by atoms with Gasteiger partial charge in [-0.3, -0.25) is 14.4 Å². The molecule has 2 amide bonds. The zero-order chi connectivity index (χ0) is 26.2. The number of carboxylic acids is 1. The summed E-state index contributed by atoms with van der Waals surface area (Å²) in [6, 6.07) is 19.1. The van der Waals surface area contributed by atoms with Crippen LogP contribution in [0.5, 0.6) is 0 Å². The Kier molecular flexibility index (Phi) is 8.51. The first-order valence-electron chi connectivity index (χ1n) is 12.5. The van der Waals surface area contributed by atoms with E-state index in [1.54, 1.807) is 23.2 Å². The number of hydrogen-bond donors (Lipinski definition) is 3. The topological polar surface area (TPSA) is 126 Å². The molecule has 37 heavy (non-hydrogen) atoms. The summed E-state index contributed by atoms with van der Waals surface area (Å²) in [7, 11) is 0. The molecule has 0 radical (unpaired) electrons. The normalized spacial score (nSPS) is 15.1. The van der Waals surface area contributed by atoms with Crippen molar-refractivity contribution in [2.75, 3.05) is 18.8 Å². The van der Waals surface area contributed by atoms with Crippen LogP contribution in [-0.4, -0.2) is 45.9 Å². The predicted octanol–water partition coefficient (Wildman–Crippen LogP) is 3.24. The number of anilines is 1. The van der Waals surface area contributed by atoms with Gasteiger partial charge in [0.2, 0.25) is 5.91 Å². The Bertz CT molecular complexity index is 1260. The lowest BCUT2D eigenvalue weighted by atomic mass is 9.93. The summed E-state index contributed by atoms with van der Waals surface area (Å²) in [4.78, 5) is 43.3. The number of aliphatic carboxylic acids is 1. The van der Waals surface area contributed by atoms with Crippen LogP contribution in [0.2, 0.25) is 0 Å². The van der Waals surface area contributed by atoms with E-state index in [0.717, 1.165) is 35.1 Å². The molecule has 1 aliphatic rings. The van der Waals surface area contributed by atoms with Crippen LogP contribution < -0.4 is 11.1 Å². The van der Waals surface area contributed by atoms with E-state index in [1.807, 2.05) is 48.5 Å². The van der Waals surface area contributed by atoms with Gasteiger partial charge in [0.05, 0.1) is 12.3 Å². The maximum Gasteiger partial charge on any atom is 0.304 e. The number of rotatable bonds is 10. The highest BCUT2D eigenvalue weighted by molar-refractivity contribution is 5.94. The molecule has 0 aliphatic carbocycles. The number of pyridine rings is 1. The van der Waals surface area contributed by atoms with E-state index in [-0.39, 0.29) is 18.2 Å². The Balaban J connectivity index is 1.42. The van der Waals surface area contributed by atoms with E-state index in [2.05, 4.69) is 10.3 Å². The number of nitrogens with one attached hydrogen (secondary N) is 1. The Hall–Kier alpha value is -4.20. The number of aryl methyl sites for hydroxylation is 1. The lowest BCUT2D eigenvalue weighted by Crippen LogP contribution is -2.37. The van der Waals surface area contributed by atoms with E-state index in [1.165, 1.54) is 0 Å². The standard InChI is InChI=1S/C29H32N4O4/c30-26-15-21(10-13-31-26)7-4-12-32-28(36)22-8-9-23-19-33(14-11-20-5-2-1-3-6-20)29(37)25(18-27(34)35)17-24(23)16-22/h1-3,5-6,8-10,13,15-16,25H,4,7,11-12,14,17-19H2,(H2,30,31)(H,32,36)(H,34,35). The smallest absolute Gasteiger partial charge is 0.304 e. The van der Waals surface area contributed by atoms with Crippen molar-refractivity contribution in [1.29, 1.82) is 0 Å². The molecule has 1 atom stereocenters. The van der Waals surface area contributed by atoms with Crippen LogP contribution >= 0.6 is 0 Å². The van der Waals surface area contributed by atoms with E-state index >= 15 is 0 Å². The molecular formula is C29H32N4O4. The molecule has 2 aromatic carbocycles. The molecule has 0 saturated carbocycles. The van der Waals surface area contributed by atoms with Crippen molar-refractivity contribution in [3.8, 4) is 0 Å². The molecule has 1 aliphatic heterocycles. The second-order valence-corrected chi connectivity index (χ2v) is 9.43. The first-order valence-corrected chi connectivity index (χ1v) is 12.5. The molecule has 2 heterocycles. The number of amides is 2. The number of nitrogens with two attached hydrogens (primary N) is 1. The number of aromatic nitrogens is 1. The third-order valence-corrected chi connectivity index (χ3v) is 6.66. The zero-order valence-corrected chi connectivity index (χ0v) is 20.7. The van der Waals surface area contributed by atoms with Gasteiger partial charge < -0.3 is 21.1 Å². The molecule has 8 heteroatoms. The van der Waals surface area contributed by atoms with Gasteiger partial charge in [-0.05, 0) is 72.2 Å². The van der Waals surface area contributed by atoms with Gasteiger partial charge in [-0.15, -0.1) is 0 Å². The van der Waals surface area contributed by atoms with Gasteiger partial charge in [-0.25, -0.2) is 4.98 Å². The fraction of sp³-hybridized carbons (Fsp3) is 0.310. The molecule has 3 aromatic rings. The number of nitrogen functional groups attached to an aromatic ring is 1. The molecule has 0 saturated heterocycles. The number of fused-ring (bicyclic) bond motifs is 1. The minimum absolute atomic E-state index is 0.155. The summed E-state index contributed by atoms with van der Waals surface area (Å²) in [6.07, 6.45) is 3.95. The second-order valence-electron chi connectivity index (χ2n) is 9.43. The van der Waals surface area contributed by atoms with Crippen LogP contribution in [0, 0.1) is 5.92 Å². The Morgan fingerprint density at radius 3 is 2.59 bits per heavy atom. The predicted molar refractivity (Wildman–Crippen MR) is 141 cm³/mol. The Morgan fingerprint density at radius 2 is 1.84 bits per heavy atom. The van der Waals surface area contributed by atoms with Crippen LogP contribution in [0.1, 0.15) is 45.5 Å². The van der Waals surface area contributed by atoms with Crippen molar-refractivity contribution >= 4 is 23.6 Å². The van der Waals surface area contributed by atoms with Crippen LogP contribution in [0.4, 0.5) is 5.82 Å². The minimum atomic E-state index is -1.00. The Labute approximate surface area is 216 Å². The maximum absolute atomic E-state index is 13.3. The molecule has 1 unspecified atom stereocenters. The van der Waals surface area contributed by atoms with Gasteiger partial charge in [0, 0.05) is 31.4 Å². The lowest BCUT2D eigenvalue weighted by Gasteiger charge is -2.24. The zero-order valence-electron chi connectivity index (χ0n) is 20.7. The number of benzene rings is 2. The van der Waals surface area contributed by atoms with Crippen molar-refractivity contribution in [2.45, 2.75) is 38.6 Å². The van der Waals surface area contributed by atoms with Crippen molar-refractivity contribution in [3.63, 3.8) is 0 Å². The molecule has 8 nitrogen and oxygen atoms in total.